The Kier molecular flexibility index (Phi) is 4.48. The number of carbonyl (C=O) groups is 1. The first kappa shape index (κ1) is 15.0. The van der Waals surface area contributed by atoms with Crippen LogP contribution in [0.1, 0.15) is 56.6 Å². The number of aryl methyl sites for hydroxylation is 2. The van der Waals surface area contributed by atoms with Gasteiger partial charge in [0.25, 0.3) is 0 Å². The number of rotatable bonds is 6. The number of hydrogen-bond donors (Lipinski definition) is 2. The van der Waals surface area contributed by atoms with E-state index >= 15 is 0 Å². The third kappa shape index (κ3) is 3.20. The highest BCUT2D eigenvalue weighted by Gasteiger charge is 2.27. The molecule has 2 atom stereocenters. The standard InChI is InChI=1S/C15H26N4O/c1-6-19-12(5)14(10(3)18-19)9(2)16-11(4)15(20)17-13-7-8-13/h9,11,13,16H,6-8H2,1-5H3,(H,17,20). The van der Waals surface area contributed by atoms with Crippen molar-refractivity contribution in [3.8, 4) is 0 Å². The van der Waals surface area contributed by atoms with E-state index in [0.717, 1.165) is 25.1 Å². The first-order chi connectivity index (χ1) is 9.43. The van der Waals surface area contributed by atoms with Gasteiger partial charge in [-0.2, -0.15) is 5.10 Å². The Bertz CT molecular complexity index is 490. The minimum absolute atomic E-state index is 0.0949. The second-order valence-electron chi connectivity index (χ2n) is 5.79. The molecule has 0 radical (unpaired) electrons. The van der Waals surface area contributed by atoms with E-state index in [-0.39, 0.29) is 18.0 Å². The molecule has 1 aliphatic rings. The summed E-state index contributed by atoms with van der Waals surface area (Å²) in [6.07, 6.45) is 2.24. The van der Waals surface area contributed by atoms with Crippen LogP contribution < -0.4 is 10.6 Å². The molecule has 0 spiro atoms. The largest absolute Gasteiger partial charge is 0.352 e. The Morgan fingerprint density at radius 1 is 1.40 bits per heavy atom. The Morgan fingerprint density at radius 2 is 2.05 bits per heavy atom. The average Bonchev–Trinajstić information content (AvgIpc) is 3.14. The van der Waals surface area contributed by atoms with E-state index in [9.17, 15) is 4.79 Å². The molecular formula is C15H26N4O. The molecule has 1 fully saturated rings. The zero-order chi connectivity index (χ0) is 14.9. The molecule has 1 heterocycles. The van der Waals surface area contributed by atoms with Gasteiger partial charge in [0.1, 0.15) is 0 Å². The Labute approximate surface area is 121 Å². The molecule has 1 aromatic heterocycles. The van der Waals surface area contributed by atoms with Crippen LogP contribution in [0.2, 0.25) is 0 Å². The van der Waals surface area contributed by atoms with Gasteiger partial charge in [-0.25, -0.2) is 0 Å². The molecule has 1 aliphatic carbocycles. The summed E-state index contributed by atoms with van der Waals surface area (Å²) in [7, 11) is 0. The zero-order valence-corrected chi connectivity index (χ0v) is 13.2. The van der Waals surface area contributed by atoms with Crippen LogP contribution in [0.5, 0.6) is 0 Å². The summed E-state index contributed by atoms with van der Waals surface area (Å²) in [5.74, 6) is 0.0949. The molecule has 0 aliphatic heterocycles. The number of nitrogens with one attached hydrogen (secondary N) is 2. The fourth-order valence-corrected chi connectivity index (χ4v) is 2.73. The maximum absolute atomic E-state index is 12.0. The van der Waals surface area contributed by atoms with Crippen LogP contribution in [0.3, 0.4) is 0 Å². The van der Waals surface area contributed by atoms with Gasteiger partial charge in [0, 0.05) is 29.9 Å². The van der Waals surface area contributed by atoms with Crippen molar-refractivity contribution < 1.29 is 4.79 Å². The van der Waals surface area contributed by atoms with Crippen molar-refractivity contribution in [1.29, 1.82) is 0 Å². The first-order valence-corrected chi connectivity index (χ1v) is 7.54. The Hall–Kier alpha value is -1.36. The normalized spacial score (nSPS) is 17.9. The van der Waals surface area contributed by atoms with Crippen molar-refractivity contribution in [2.45, 2.75) is 72.1 Å². The highest BCUT2D eigenvalue weighted by molar-refractivity contribution is 5.81. The fraction of sp³-hybridized carbons (Fsp3) is 0.733. The van der Waals surface area contributed by atoms with Gasteiger partial charge in [-0.15, -0.1) is 0 Å². The molecule has 1 aromatic rings. The number of carbonyl (C=O) groups excluding carboxylic acids is 1. The summed E-state index contributed by atoms with van der Waals surface area (Å²) in [4.78, 5) is 12.0. The van der Waals surface area contributed by atoms with Crippen LogP contribution >= 0.6 is 0 Å². The third-order valence-corrected chi connectivity index (χ3v) is 3.99. The summed E-state index contributed by atoms with van der Waals surface area (Å²) < 4.78 is 2.01. The van der Waals surface area contributed by atoms with E-state index in [4.69, 9.17) is 0 Å². The molecule has 5 nitrogen and oxygen atoms in total. The van der Waals surface area contributed by atoms with Crippen LogP contribution in [-0.4, -0.2) is 27.8 Å². The molecule has 1 amide bonds. The van der Waals surface area contributed by atoms with Crippen LogP contribution in [0.15, 0.2) is 0 Å². The molecule has 20 heavy (non-hydrogen) atoms. The molecular weight excluding hydrogens is 252 g/mol. The van der Waals surface area contributed by atoms with Crippen LogP contribution in [0, 0.1) is 13.8 Å². The molecule has 2 rings (SSSR count). The second kappa shape index (κ2) is 5.95. The zero-order valence-electron chi connectivity index (χ0n) is 13.2. The molecule has 112 valence electrons. The van der Waals surface area contributed by atoms with E-state index < -0.39 is 0 Å². The fourth-order valence-electron chi connectivity index (χ4n) is 2.73. The van der Waals surface area contributed by atoms with Gasteiger partial charge in [0.05, 0.1) is 11.7 Å². The van der Waals surface area contributed by atoms with Gasteiger partial charge >= 0.3 is 0 Å². The molecule has 2 N–H and O–H groups in total. The highest BCUT2D eigenvalue weighted by atomic mass is 16.2. The van der Waals surface area contributed by atoms with Gasteiger partial charge in [-0.3, -0.25) is 14.8 Å². The third-order valence-electron chi connectivity index (χ3n) is 3.99. The lowest BCUT2D eigenvalue weighted by molar-refractivity contribution is -0.123. The molecule has 5 heteroatoms. The van der Waals surface area contributed by atoms with Crippen molar-refractivity contribution in [2.75, 3.05) is 0 Å². The van der Waals surface area contributed by atoms with E-state index in [1.165, 1.54) is 11.3 Å². The Balaban J connectivity index is 2.01. The van der Waals surface area contributed by atoms with Crippen molar-refractivity contribution in [3.05, 3.63) is 17.0 Å². The lowest BCUT2D eigenvalue weighted by Crippen LogP contribution is -2.44. The SMILES string of the molecule is CCn1nc(C)c(C(C)NC(C)C(=O)NC2CC2)c1C. The smallest absolute Gasteiger partial charge is 0.237 e. The lowest BCUT2D eigenvalue weighted by Gasteiger charge is -2.20. The van der Waals surface area contributed by atoms with E-state index in [1.54, 1.807) is 0 Å². The average molecular weight is 278 g/mol. The lowest BCUT2D eigenvalue weighted by atomic mass is 10.1. The number of amides is 1. The minimum Gasteiger partial charge on any atom is -0.352 e. The van der Waals surface area contributed by atoms with E-state index in [2.05, 4.69) is 36.5 Å². The molecule has 1 saturated carbocycles. The topological polar surface area (TPSA) is 59.0 Å². The maximum Gasteiger partial charge on any atom is 0.237 e. The predicted molar refractivity (Wildman–Crippen MR) is 79.6 cm³/mol. The van der Waals surface area contributed by atoms with Crippen molar-refractivity contribution in [3.63, 3.8) is 0 Å². The van der Waals surface area contributed by atoms with Gasteiger partial charge in [-0.05, 0) is 47.5 Å². The second-order valence-corrected chi connectivity index (χ2v) is 5.79. The maximum atomic E-state index is 12.0. The highest BCUT2D eigenvalue weighted by Crippen LogP contribution is 2.22. The summed E-state index contributed by atoms with van der Waals surface area (Å²) in [6, 6.07) is 0.345. The summed E-state index contributed by atoms with van der Waals surface area (Å²) in [5.41, 5.74) is 3.43. The van der Waals surface area contributed by atoms with Gasteiger partial charge in [0.15, 0.2) is 0 Å². The predicted octanol–water partition coefficient (Wildman–Crippen LogP) is 1.84. The summed E-state index contributed by atoms with van der Waals surface area (Å²) >= 11 is 0. The quantitative estimate of drug-likeness (QED) is 0.834. The first-order valence-electron chi connectivity index (χ1n) is 7.54. The van der Waals surface area contributed by atoms with Crippen LogP contribution in [-0.2, 0) is 11.3 Å². The van der Waals surface area contributed by atoms with Gasteiger partial charge < -0.3 is 5.32 Å². The summed E-state index contributed by atoms with van der Waals surface area (Å²) in [5, 5.41) is 11.0. The van der Waals surface area contributed by atoms with Crippen molar-refractivity contribution in [2.24, 2.45) is 0 Å². The Morgan fingerprint density at radius 3 is 2.55 bits per heavy atom. The molecule has 0 aromatic carbocycles. The number of hydrogen-bond acceptors (Lipinski definition) is 3. The van der Waals surface area contributed by atoms with Crippen LogP contribution in [0.25, 0.3) is 0 Å². The monoisotopic (exact) mass is 278 g/mol. The van der Waals surface area contributed by atoms with Gasteiger partial charge in [0.2, 0.25) is 5.91 Å². The molecule has 2 unspecified atom stereocenters. The van der Waals surface area contributed by atoms with Crippen molar-refractivity contribution >= 4 is 5.91 Å². The van der Waals surface area contributed by atoms with E-state index in [0.29, 0.717) is 6.04 Å². The van der Waals surface area contributed by atoms with E-state index in [1.807, 2.05) is 18.5 Å². The molecule has 0 saturated heterocycles. The van der Waals surface area contributed by atoms with Crippen molar-refractivity contribution in [1.82, 2.24) is 20.4 Å². The van der Waals surface area contributed by atoms with Crippen LogP contribution in [0.4, 0.5) is 0 Å². The molecule has 0 bridgehead atoms. The number of aromatic nitrogens is 2. The van der Waals surface area contributed by atoms with Gasteiger partial charge in [-0.1, -0.05) is 0 Å². The number of nitrogens with zero attached hydrogens (tertiary/aromatic N) is 2. The summed E-state index contributed by atoms with van der Waals surface area (Å²) in [6.45, 7) is 11.1. The minimum atomic E-state index is -0.186.